The van der Waals surface area contributed by atoms with Crippen LogP contribution in [0.2, 0.25) is 0 Å². The smallest absolute Gasteiger partial charge is 0.408 e. The van der Waals surface area contributed by atoms with Crippen molar-refractivity contribution in [1.29, 1.82) is 0 Å². The number of nitrogens with one attached hydrogen (secondary N) is 2. The van der Waals surface area contributed by atoms with Crippen LogP contribution in [0.4, 0.5) is 10.5 Å². The van der Waals surface area contributed by atoms with E-state index >= 15 is 0 Å². The molecule has 0 aromatic heterocycles. The number of fused-ring (bicyclic) bond motifs is 1. The van der Waals surface area contributed by atoms with Crippen molar-refractivity contribution in [1.82, 2.24) is 10.6 Å². The first-order valence-electron chi connectivity index (χ1n) is 14.8. The zero-order valence-corrected chi connectivity index (χ0v) is 26.3. The summed E-state index contributed by atoms with van der Waals surface area (Å²) >= 11 is 0. The fourth-order valence-electron chi connectivity index (χ4n) is 5.37. The van der Waals surface area contributed by atoms with Crippen LogP contribution in [0.3, 0.4) is 0 Å². The second-order valence-electron chi connectivity index (χ2n) is 11.5. The van der Waals surface area contributed by atoms with Crippen molar-refractivity contribution in [3.63, 3.8) is 0 Å². The third-order valence-corrected chi connectivity index (χ3v) is 7.89. The molecule has 3 amide bonds. The number of hydrogen-bond donors (Lipinski definition) is 3. The van der Waals surface area contributed by atoms with Gasteiger partial charge in [-0.3, -0.25) is 9.59 Å². The van der Waals surface area contributed by atoms with Crippen molar-refractivity contribution >= 4 is 36.0 Å². The number of carbonyl (C=O) groups is 3. The van der Waals surface area contributed by atoms with Gasteiger partial charge in [0.05, 0.1) is 6.54 Å². The largest absolute Gasteiger partial charge is 0.445 e. The molecule has 0 saturated carbocycles. The molecule has 0 bridgehead atoms. The number of carbonyl (C=O) groups excluding carboxylic acids is 3. The highest BCUT2D eigenvalue weighted by atomic mass is 35.5. The van der Waals surface area contributed by atoms with Gasteiger partial charge >= 0.3 is 6.09 Å². The SMILES string of the molecule is CC(C)(NC(=O)OCc1ccccc1)C(=O)N[C@@H]1CCc2ccccc2N(Cc2ccc(-c3ccccc3CN)cc2)C1=O.Cl. The Labute approximate surface area is 270 Å². The number of nitrogens with zero attached hydrogens (tertiary/aromatic N) is 1. The van der Waals surface area contributed by atoms with Crippen molar-refractivity contribution in [3.8, 4) is 11.1 Å². The Balaban J connectivity index is 0.00000461. The molecule has 0 unspecified atom stereocenters. The molecule has 8 nitrogen and oxygen atoms in total. The molecule has 0 fully saturated rings. The molecule has 234 valence electrons. The number of rotatable bonds is 9. The number of amides is 3. The Morgan fingerprint density at radius 3 is 2.29 bits per heavy atom. The highest BCUT2D eigenvalue weighted by Gasteiger charge is 2.36. The maximum Gasteiger partial charge on any atom is 0.408 e. The molecule has 4 N–H and O–H groups in total. The standard InChI is InChI=1S/C36H38N4O4.ClH/c1-36(2,39-35(43)44-24-26-10-4-3-5-11-26)34(42)38-31-21-20-28-12-7-9-15-32(28)40(33(31)41)23-25-16-18-27(19-17-25)30-14-8-6-13-29(30)22-37;/h3-19,31H,20-24,37H2,1-2H3,(H,38,42)(H,39,43);1H/t31-;/m1./s1. The van der Waals surface area contributed by atoms with Crippen LogP contribution in [0.15, 0.2) is 103 Å². The minimum absolute atomic E-state index is 0. The van der Waals surface area contributed by atoms with Crippen LogP contribution in [-0.4, -0.2) is 29.5 Å². The first kappa shape index (κ1) is 33.2. The molecule has 9 heteroatoms. The number of benzene rings is 4. The molecule has 0 aliphatic carbocycles. The number of nitrogens with two attached hydrogens (primary N) is 1. The first-order valence-corrected chi connectivity index (χ1v) is 14.8. The van der Waals surface area contributed by atoms with Crippen molar-refractivity contribution in [2.45, 2.75) is 58.0 Å². The fraction of sp³-hybridized carbons (Fsp3) is 0.250. The van der Waals surface area contributed by atoms with Crippen LogP contribution in [0, 0.1) is 0 Å². The predicted octanol–water partition coefficient (Wildman–Crippen LogP) is 5.90. The molecule has 1 atom stereocenters. The summed E-state index contributed by atoms with van der Waals surface area (Å²) in [7, 11) is 0. The average Bonchev–Trinajstić information content (AvgIpc) is 3.17. The lowest BCUT2D eigenvalue weighted by Crippen LogP contribution is -2.59. The monoisotopic (exact) mass is 626 g/mol. The lowest BCUT2D eigenvalue weighted by molar-refractivity contribution is -0.131. The maximum atomic E-state index is 14.0. The summed E-state index contributed by atoms with van der Waals surface area (Å²) in [5, 5.41) is 5.55. The number of ether oxygens (including phenoxy) is 1. The molecule has 45 heavy (non-hydrogen) atoms. The molecule has 4 aromatic carbocycles. The molecule has 0 radical (unpaired) electrons. The van der Waals surface area contributed by atoms with Gasteiger partial charge in [-0.15, -0.1) is 12.4 Å². The van der Waals surface area contributed by atoms with E-state index in [0.717, 1.165) is 39.1 Å². The molecule has 1 aliphatic heterocycles. The summed E-state index contributed by atoms with van der Waals surface area (Å²) in [6.45, 7) is 4.05. The summed E-state index contributed by atoms with van der Waals surface area (Å²) in [6.07, 6.45) is 0.333. The van der Waals surface area contributed by atoms with E-state index in [1.165, 1.54) is 0 Å². The highest BCUT2D eigenvalue weighted by molar-refractivity contribution is 6.01. The van der Waals surface area contributed by atoms with Gasteiger partial charge in [-0.25, -0.2) is 4.79 Å². The Hall–Kier alpha value is -4.66. The van der Waals surface area contributed by atoms with Gasteiger partial charge in [-0.05, 0) is 66.1 Å². The van der Waals surface area contributed by atoms with Gasteiger partial charge in [0.15, 0.2) is 0 Å². The zero-order valence-electron chi connectivity index (χ0n) is 25.5. The lowest BCUT2D eigenvalue weighted by Gasteiger charge is -2.30. The molecule has 5 rings (SSSR count). The third kappa shape index (κ3) is 8.09. The van der Waals surface area contributed by atoms with Gasteiger partial charge in [0.25, 0.3) is 0 Å². The first-order chi connectivity index (χ1) is 21.2. The van der Waals surface area contributed by atoms with Crippen LogP contribution in [0.25, 0.3) is 11.1 Å². The number of hydrogen-bond acceptors (Lipinski definition) is 5. The molecular weight excluding hydrogens is 588 g/mol. The van der Waals surface area contributed by atoms with Crippen LogP contribution in [0.5, 0.6) is 0 Å². The van der Waals surface area contributed by atoms with E-state index < -0.39 is 23.6 Å². The van der Waals surface area contributed by atoms with E-state index in [0.29, 0.717) is 25.9 Å². The minimum atomic E-state index is -1.31. The Kier molecular flexibility index (Phi) is 11.0. The Morgan fingerprint density at radius 1 is 0.889 bits per heavy atom. The number of alkyl carbamates (subject to hydrolysis) is 1. The van der Waals surface area contributed by atoms with Gasteiger partial charge in [-0.1, -0.05) is 97.1 Å². The van der Waals surface area contributed by atoms with Gasteiger partial charge in [-0.2, -0.15) is 0 Å². The number of halogens is 1. The minimum Gasteiger partial charge on any atom is -0.445 e. The summed E-state index contributed by atoms with van der Waals surface area (Å²) in [6, 6.07) is 32.5. The summed E-state index contributed by atoms with van der Waals surface area (Å²) in [4.78, 5) is 41.7. The highest BCUT2D eigenvalue weighted by Crippen LogP contribution is 2.30. The van der Waals surface area contributed by atoms with Gasteiger partial charge in [0.2, 0.25) is 11.8 Å². The third-order valence-electron chi connectivity index (χ3n) is 7.89. The van der Waals surface area contributed by atoms with Crippen molar-refractivity contribution in [2.24, 2.45) is 5.73 Å². The molecule has 1 aliphatic rings. The van der Waals surface area contributed by atoms with E-state index in [1.807, 2.05) is 97.1 Å². The summed E-state index contributed by atoms with van der Waals surface area (Å²) in [5.41, 5.74) is 11.5. The Bertz CT molecular complexity index is 1630. The molecule has 0 spiro atoms. The quantitative estimate of drug-likeness (QED) is 0.214. The van der Waals surface area contributed by atoms with Crippen LogP contribution < -0.4 is 21.3 Å². The molecule has 0 saturated heterocycles. The van der Waals surface area contributed by atoms with E-state index in [-0.39, 0.29) is 24.9 Å². The van der Waals surface area contributed by atoms with Gasteiger partial charge < -0.3 is 26.0 Å². The van der Waals surface area contributed by atoms with Crippen LogP contribution in [0.1, 0.15) is 42.5 Å². The topological polar surface area (TPSA) is 114 Å². The molecular formula is C36H39ClN4O4. The fourth-order valence-corrected chi connectivity index (χ4v) is 5.37. The van der Waals surface area contributed by atoms with E-state index in [4.69, 9.17) is 10.5 Å². The van der Waals surface area contributed by atoms with E-state index in [2.05, 4.69) is 16.7 Å². The second kappa shape index (κ2) is 14.9. The zero-order chi connectivity index (χ0) is 31.1. The second-order valence-corrected chi connectivity index (χ2v) is 11.5. The normalized spacial score (nSPS) is 14.4. The molecule has 1 heterocycles. The molecule has 4 aromatic rings. The van der Waals surface area contributed by atoms with Crippen molar-refractivity contribution < 1.29 is 19.1 Å². The van der Waals surface area contributed by atoms with Crippen LogP contribution in [-0.2, 0) is 40.4 Å². The van der Waals surface area contributed by atoms with E-state index in [1.54, 1.807) is 18.7 Å². The van der Waals surface area contributed by atoms with Crippen molar-refractivity contribution in [2.75, 3.05) is 4.90 Å². The van der Waals surface area contributed by atoms with Gasteiger partial charge in [0.1, 0.15) is 18.2 Å². The van der Waals surface area contributed by atoms with Gasteiger partial charge in [0, 0.05) is 12.2 Å². The number of aryl methyl sites for hydroxylation is 1. The number of anilines is 1. The number of para-hydroxylation sites is 1. The average molecular weight is 627 g/mol. The summed E-state index contributed by atoms with van der Waals surface area (Å²) < 4.78 is 5.31. The predicted molar refractivity (Wildman–Crippen MR) is 179 cm³/mol. The Morgan fingerprint density at radius 2 is 1.56 bits per heavy atom. The summed E-state index contributed by atoms with van der Waals surface area (Å²) in [5.74, 6) is -0.676. The lowest BCUT2D eigenvalue weighted by atomic mass is 9.98. The van der Waals surface area contributed by atoms with Crippen molar-refractivity contribution in [3.05, 3.63) is 125 Å². The van der Waals surface area contributed by atoms with E-state index in [9.17, 15) is 14.4 Å². The maximum absolute atomic E-state index is 14.0. The van der Waals surface area contributed by atoms with Crippen LogP contribution >= 0.6 is 12.4 Å².